The van der Waals surface area contributed by atoms with E-state index in [0.29, 0.717) is 0 Å². The van der Waals surface area contributed by atoms with E-state index in [-0.39, 0.29) is 79.3 Å². The minimum Gasteiger partial charge on any atom is -0.394 e. The van der Waals surface area contributed by atoms with Crippen molar-refractivity contribution < 1.29 is 153 Å². The van der Waals surface area contributed by atoms with Gasteiger partial charge in [0.25, 0.3) is 0 Å². The summed E-state index contributed by atoms with van der Waals surface area (Å²) in [6, 6.07) is 0. The first-order valence-corrected chi connectivity index (χ1v) is 24.9. The highest BCUT2D eigenvalue weighted by molar-refractivity contribution is 4.72. The van der Waals surface area contributed by atoms with Crippen LogP contribution in [0.2, 0.25) is 0 Å². The van der Waals surface area contributed by atoms with Crippen LogP contribution in [-0.2, 0) is 66.3 Å². The van der Waals surface area contributed by atoms with Crippen molar-refractivity contribution >= 4 is 0 Å². The second kappa shape index (κ2) is 50.7. The Kier molecular flexibility index (Phi) is 49.9. The zero-order valence-corrected chi connectivity index (χ0v) is 43.2. The van der Waals surface area contributed by atoms with Crippen molar-refractivity contribution in [1.82, 2.24) is 0 Å². The molecule has 17 N–H and O–H groups in total. The van der Waals surface area contributed by atoms with Crippen molar-refractivity contribution in [2.75, 3.05) is 198 Å². The molecule has 0 fully saturated rings. The lowest BCUT2D eigenvalue weighted by Gasteiger charge is -2.29. The van der Waals surface area contributed by atoms with E-state index in [1.807, 2.05) is 0 Å². The van der Waals surface area contributed by atoms with E-state index in [0.717, 1.165) is 0 Å². The highest BCUT2D eigenvalue weighted by Crippen LogP contribution is 2.12. The third-order valence-corrected chi connectivity index (χ3v) is 10.5. The summed E-state index contributed by atoms with van der Waals surface area (Å²) in [7, 11) is 0. The third kappa shape index (κ3) is 36.9. The first-order valence-electron chi connectivity index (χ1n) is 24.9. The summed E-state index contributed by atoms with van der Waals surface area (Å²) in [6.07, 6.45) is -15.6. The molecule has 76 heavy (non-hydrogen) atoms. The Morgan fingerprint density at radius 2 is 0.263 bits per heavy atom. The van der Waals surface area contributed by atoms with Crippen LogP contribution in [0.5, 0.6) is 0 Å². The van der Waals surface area contributed by atoms with E-state index in [9.17, 15) is 86.8 Å². The van der Waals surface area contributed by atoms with Gasteiger partial charge in [-0.25, -0.2) is 0 Å². The lowest BCUT2D eigenvalue weighted by atomic mass is 10.3. The van der Waals surface area contributed by atoms with Crippen molar-refractivity contribution in [3.8, 4) is 0 Å². The van der Waals surface area contributed by atoms with Gasteiger partial charge >= 0.3 is 0 Å². The van der Waals surface area contributed by atoms with Crippen LogP contribution in [0, 0.1) is 0 Å². The molecule has 0 aromatic rings. The summed E-state index contributed by atoms with van der Waals surface area (Å²) in [5.41, 5.74) is 0. The quantitative estimate of drug-likeness (QED) is 0.0269. The monoisotopic (exact) mass is 1130 g/mol. The predicted molar refractivity (Wildman–Crippen MR) is 256 cm³/mol. The van der Waals surface area contributed by atoms with Crippen LogP contribution in [0.1, 0.15) is 0 Å². The fourth-order valence-electron chi connectivity index (χ4n) is 5.63. The highest BCUT2D eigenvalue weighted by Gasteiger charge is 2.27. The molecular weight excluding hydrogens is 1040 g/mol. The average molecular weight is 1130 g/mol. The highest BCUT2D eigenvalue weighted by atomic mass is 16.6. The maximum atomic E-state index is 10.1. The number of aliphatic hydroxyl groups is 17. The van der Waals surface area contributed by atoms with Crippen LogP contribution < -0.4 is 0 Å². The molecular formula is C45H92O31. The van der Waals surface area contributed by atoms with Crippen molar-refractivity contribution in [2.45, 2.75) is 91.6 Å². The topological polar surface area (TPSA) is 473 Å². The van der Waals surface area contributed by atoms with E-state index in [1.54, 1.807) is 0 Å². The van der Waals surface area contributed by atoms with Gasteiger partial charge in [0, 0.05) is 0 Å². The van der Waals surface area contributed by atoms with Crippen LogP contribution in [0.3, 0.4) is 0 Å². The molecule has 0 aliphatic rings. The van der Waals surface area contributed by atoms with Gasteiger partial charge in [0.15, 0.2) is 0 Å². The summed E-state index contributed by atoms with van der Waals surface area (Å²) < 4.78 is 81.0. The molecule has 0 radical (unpaired) electrons. The smallest absolute Gasteiger partial charge is 0.104 e. The van der Waals surface area contributed by atoms with Gasteiger partial charge in [-0.2, -0.15) is 0 Å². The Morgan fingerprint density at radius 1 is 0.145 bits per heavy atom. The second-order valence-corrected chi connectivity index (χ2v) is 16.9. The number of hydrogen-bond acceptors (Lipinski definition) is 31. The van der Waals surface area contributed by atoms with E-state index >= 15 is 0 Å². The van der Waals surface area contributed by atoms with E-state index < -0.39 is 210 Å². The molecule has 0 bridgehead atoms. The lowest BCUT2D eigenvalue weighted by Crippen LogP contribution is -2.41. The summed E-state index contributed by atoms with van der Waals surface area (Å²) in [6.45, 7) is -13.5. The molecule has 8 unspecified atom stereocenters. The summed E-state index contributed by atoms with van der Waals surface area (Å²) in [5, 5.41) is 164. The predicted octanol–water partition coefficient (Wildman–Crippen LogP) is -10.4. The molecule has 0 aromatic carbocycles. The Balaban J connectivity index is 6.93. The van der Waals surface area contributed by atoms with Gasteiger partial charge in [-0.05, 0) is 0 Å². The van der Waals surface area contributed by atoms with Gasteiger partial charge in [-0.1, -0.05) is 0 Å². The minimum atomic E-state index is -1.32. The Morgan fingerprint density at radius 3 is 0.408 bits per heavy atom. The zero-order valence-electron chi connectivity index (χ0n) is 43.2. The second-order valence-electron chi connectivity index (χ2n) is 16.9. The molecule has 0 aliphatic carbocycles. The first-order chi connectivity index (χ1) is 36.9. The zero-order chi connectivity index (χ0) is 56.8. The van der Waals surface area contributed by atoms with Gasteiger partial charge in [0.1, 0.15) is 91.6 Å². The van der Waals surface area contributed by atoms with E-state index in [4.69, 9.17) is 66.3 Å². The number of rotatable bonds is 58. The molecule has 0 heterocycles. The molecule has 458 valence electrons. The standard InChI is InChI=1S/C45H92O31/c46-1-31(62)17-63-41(21-66-34(6-51)7-52)27-73-45(29-75-43(24-69-37(12-57)13-58)25-72-40(16-61)20-70-38(14-59)18-64-32(2-47)3-48)30-76-44(26-71-39(15-60)19-65-33(4-49)5-50)28-74-42(22-67-35(8-53)9-54)23-68-36(10-55)11-56/h31-62H,1-30H2. The van der Waals surface area contributed by atoms with Gasteiger partial charge < -0.3 is 153 Å². The number of ether oxygens (including phenoxy) is 14. The van der Waals surface area contributed by atoms with E-state index in [2.05, 4.69) is 0 Å². The van der Waals surface area contributed by atoms with Gasteiger partial charge in [-0.15, -0.1) is 0 Å². The number of hydrogen-bond donors (Lipinski definition) is 17. The van der Waals surface area contributed by atoms with Crippen LogP contribution >= 0.6 is 0 Å². The summed E-state index contributed by atoms with van der Waals surface area (Å²) >= 11 is 0. The van der Waals surface area contributed by atoms with Crippen molar-refractivity contribution in [1.29, 1.82) is 0 Å². The third-order valence-electron chi connectivity index (χ3n) is 10.5. The molecule has 31 heteroatoms. The lowest BCUT2D eigenvalue weighted by molar-refractivity contribution is -0.174. The molecule has 0 saturated carbocycles. The van der Waals surface area contributed by atoms with Crippen molar-refractivity contribution in [2.24, 2.45) is 0 Å². The van der Waals surface area contributed by atoms with Crippen LogP contribution in [-0.4, -0.2) is 377 Å². The molecule has 31 nitrogen and oxygen atoms in total. The fourth-order valence-corrected chi connectivity index (χ4v) is 5.63. The first kappa shape index (κ1) is 74.8. The van der Waals surface area contributed by atoms with Gasteiger partial charge in [0.05, 0.1) is 198 Å². The normalized spacial score (nSPS) is 15.8. The van der Waals surface area contributed by atoms with Crippen LogP contribution in [0.25, 0.3) is 0 Å². The largest absolute Gasteiger partial charge is 0.394 e. The average Bonchev–Trinajstić information content (AvgIpc) is 3.45. The molecule has 0 saturated heterocycles. The minimum absolute atomic E-state index is 0.226. The van der Waals surface area contributed by atoms with Gasteiger partial charge in [0.2, 0.25) is 0 Å². The van der Waals surface area contributed by atoms with Crippen molar-refractivity contribution in [3.05, 3.63) is 0 Å². The molecule has 0 spiro atoms. The molecule has 0 rings (SSSR count). The van der Waals surface area contributed by atoms with E-state index in [1.165, 1.54) is 0 Å². The number of aliphatic hydroxyl groups excluding tert-OH is 17. The van der Waals surface area contributed by atoms with Gasteiger partial charge in [-0.3, -0.25) is 0 Å². The molecule has 0 amide bonds. The summed E-state index contributed by atoms with van der Waals surface area (Å²) in [5.74, 6) is 0. The maximum absolute atomic E-state index is 10.1. The fraction of sp³-hybridized carbons (Fsp3) is 1.00. The van der Waals surface area contributed by atoms with Crippen molar-refractivity contribution in [3.63, 3.8) is 0 Å². The SMILES string of the molecule is OCC(O)COC(COC(CO)CO)COC(COC(COC(CO)CO)COC(CO)COC(CO)COC(CO)CO)COC(COC(CO)COC(CO)CO)COC(COC(CO)CO)COC(CO)CO. The van der Waals surface area contributed by atoms with Crippen LogP contribution in [0.4, 0.5) is 0 Å². The van der Waals surface area contributed by atoms with Crippen LogP contribution in [0.15, 0.2) is 0 Å². The Hall–Kier alpha value is -1.24. The Labute approximate surface area is 442 Å². The molecule has 0 aromatic heterocycles. The molecule has 8 atom stereocenters. The maximum Gasteiger partial charge on any atom is 0.104 e. The summed E-state index contributed by atoms with van der Waals surface area (Å²) in [4.78, 5) is 0. The molecule has 0 aliphatic heterocycles. The Bertz CT molecular complexity index is 1190.